The zero-order valence-corrected chi connectivity index (χ0v) is 24.5. The van der Waals surface area contributed by atoms with Gasteiger partial charge in [0.1, 0.15) is 17.5 Å². The van der Waals surface area contributed by atoms with Gasteiger partial charge in [-0.3, -0.25) is 14.2 Å². The van der Waals surface area contributed by atoms with Crippen molar-refractivity contribution in [2.75, 3.05) is 38.5 Å². The highest BCUT2D eigenvalue weighted by Gasteiger charge is 2.23. The van der Waals surface area contributed by atoms with Gasteiger partial charge < -0.3 is 20.3 Å². The lowest BCUT2D eigenvalue weighted by Crippen LogP contribution is -2.30. The summed E-state index contributed by atoms with van der Waals surface area (Å²) in [4.78, 5) is 38.5. The maximum Gasteiger partial charge on any atom is 0.263 e. The summed E-state index contributed by atoms with van der Waals surface area (Å²) in [6, 6.07) is 17.6. The Morgan fingerprint density at radius 2 is 1.95 bits per heavy atom. The highest BCUT2D eigenvalue weighted by molar-refractivity contribution is 5.99. The number of hydrogen-bond donors (Lipinski definition) is 2. The van der Waals surface area contributed by atoms with Crippen LogP contribution in [0.3, 0.4) is 0 Å². The fraction of sp³-hybridized carbons (Fsp3) is 0.394. The van der Waals surface area contributed by atoms with Crippen LogP contribution in [0, 0.1) is 5.92 Å². The molecule has 2 unspecified atom stereocenters. The van der Waals surface area contributed by atoms with E-state index in [1.165, 1.54) is 5.56 Å². The molecule has 0 amide bonds. The number of hydrogen-bond acceptors (Lipinski definition) is 8. The molecule has 2 aliphatic heterocycles. The van der Waals surface area contributed by atoms with Gasteiger partial charge in [-0.05, 0) is 73.8 Å². The van der Waals surface area contributed by atoms with Gasteiger partial charge in [0.25, 0.3) is 5.56 Å². The lowest BCUT2D eigenvalue weighted by Gasteiger charge is -2.18. The van der Waals surface area contributed by atoms with Crippen LogP contribution in [0.1, 0.15) is 54.1 Å². The highest BCUT2D eigenvalue weighted by Crippen LogP contribution is 2.27. The number of Topliss-reactive ketones (excluding diaryl/α,β-unsaturated/α-hetero) is 1. The Morgan fingerprint density at radius 1 is 1.14 bits per heavy atom. The second-order valence-corrected chi connectivity index (χ2v) is 11.8. The molecule has 0 bridgehead atoms. The molecule has 2 fully saturated rings. The van der Waals surface area contributed by atoms with Crippen LogP contribution >= 0.6 is 0 Å². The molecule has 2 N–H and O–H groups in total. The summed E-state index contributed by atoms with van der Waals surface area (Å²) in [5.74, 6) is 1.10. The van der Waals surface area contributed by atoms with Crippen molar-refractivity contribution in [1.29, 1.82) is 0 Å². The maximum absolute atomic E-state index is 13.9. The Bertz CT molecular complexity index is 1640. The summed E-state index contributed by atoms with van der Waals surface area (Å²) < 4.78 is 7.75. The number of anilines is 2. The molecule has 2 atom stereocenters. The van der Waals surface area contributed by atoms with Crippen LogP contribution in [0.2, 0.25) is 0 Å². The second-order valence-electron chi connectivity index (χ2n) is 11.8. The van der Waals surface area contributed by atoms with E-state index in [-0.39, 0.29) is 28.9 Å². The van der Waals surface area contributed by atoms with Crippen LogP contribution in [-0.2, 0) is 6.54 Å². The molecule has 42 heavy (non-hydrogen) atoms. The first-order chi connectivity index (χ1) is 20.4. The van der Waals surface area contributed by atoms with Crippen LogP contribution in [0.4, 0.5) is 11.6 Å². The van der Waals surface area contributed by atoms with E-state index in [1.54, 1.807) is 16.8 Å². The molecule has 0 spiro atoms. The number of carbonyl (C=O) groups is 1. The number of pyridine rings is 1. The first-order valence-electron chi connectivity index (χ1n) is 14.8. The first-order valence-corrected chi connectivity index (χ1v) is 14.8. The van der Waals surface area contributed by atoms with E-state index in [1.807, 2.05) is 50.2 Å². The van der Waals surface area contributed by atoms with E-state index >= 15 is 0 Å². The van der Waals surface area contributed by atoms with Crippen molar-refractivity contribution in [3.63, 3.8) is 0 Å². The Morgan fingerprint density at radius 3 is 2.67 bits per heavy atom. The molecule has 0 saturated carbocycles. The molecule has 4 aromatic rings. The molecule has 6 rings (SSSR count). The summed E-state index contributed by atoms with van der Waals surface area (Å²) in [6.07, 6.45) is 3.96. The average Bonchev–Trinajstić information content (AvgIpc) is 3.67. The van der Waals surface area contributed by atoms with E-state index in [4.69, 9.17) is 9.72 Å². The minimum Gasteiger partial charge on any atom is -0.489 e. The zero-order valence-electron chi connectivity index (χ0n) is 24.5. The van der Waals surface area contributed by atoms with Crippen LogP contribution < -0.4 is 20.9 Å². The third-order valence-electron chi connectivity index (χ3n) is 8.26. The number of ether oxygens (including phenoxy) is 1. The number of likely N-dealkylation sites (N-methyl/N-ethyl adjacent to an activating group) is 1. The third kappa shape index (κ3) is 5.93. The van der Waals surface area contributed by atoms with E-state index < -0.39 is 0 Å². The quantitative estimate of drug-likeness (QED) is 0.284. The normalized spacial score (nSPS) is 19.0. The summed E-state index contributed by atoms with van der Waals surface area (Å²) in [5.41, 5.74) is 3.42. The maximum atomic E-state index is 13.9. The monoisotopic (exact) mass is 566 g/mol. The number of aromatic nitrogens is 3. The van der Waals surface area contributed by atoms with Crippen molar-refractivity contribution in [2.24, 2.45) is 5.92 Å². The molecule has 2 aromatic heterocycles. The number of rotatable bonds is 9. The lowest BCUT2D eigenvalue weighted by atomic mass is 9.93. The number of likely N-dealkylation sites (tertiary alicyclic amines) is 1. The number of carbonyl (C=O) groups excluding carboxylic acids is 1. The molecule has 2 aliphatic rings. The molecule has 9 nitrogen and oxygen atoms in total. The number of fused-ring (bicyclic) bond motifs is 1. The minimum atomic E-state index is -0.329. The van der Waals surface area contributed by atoms with E-state index in [0.29, 0.717) is 29.4 Å². The summed E-state index contributed by atoms with van der Waals surface area (Å²) in [6.45, 7) is 7.81. The molecule has 2 saturated heterocycles. The average molecular weight is 567 g/mol. The fourth-order valence-corrected chi connectivity index (χ4v) is 5.95. The Kier molecular flexibility index (Phi) is 8.04. The van der Waals surface area contributed by atoms with Crippen LogP contribution in [0.5, 0.6) is 5.75 Å². The van der Waals surface area contributed by atoms with Gasteiger partial charge in [0.05, 0.1) is 12.1 Å². The van der Waals surface area contributed by atoms with Crippen LogP contribution in [0.25, 0.3) is 11.0 Å². The Hall–Kier alpha value is -4.08. The molecule has 0 radical (unpaired) electrons. The van der Waals surface area contributed by atoms with Gasteiger partial charge in [-0.1, -0.05) is 38.1 Å². The third-order valence-corrected chi connectivity index (χ3v) is 8.26. The molecule has 0 aliphatic carbocycles. The Balaban J connectivity index is 1.33. The summed E-state index contributed by atoms with van der Waals surface area (Å²) >= 11 is 0. The molecule has 4 heterocycles. The molecule has 2 aromatic carbocycles. The number of nitrogens with one attached hydrogen (secondary N) is 2. The molecular formula is C33H38N6O3. The second kappa shape index (κ2) is 12.0. The van der Waals surface area contributed by atoms with Gasteiger partial charge in [0.15, 0.2) is 5.78 Å². The number of nitrogens with zero attached hydrogens (tertiary/aromatic N) is 4. The van der Waals surface area contributed by atoms with Gasteiger partial charge >= 0.3 is 0 Å². The SMILES string of the molecule is CC(C)C(=O)c1cc2cnc(Nc3ccc(OC4CCN(C)C4)cc3)nc2n(Cc2ccccc2C2CCNC2)c1=O. The van der Waals surface area contributed by atoms with Crippen LogP contribution in [-0.4, -0.2) is 64.5 Å². The Labute approximate surface area is 245 Å². The lowest BCUT2D eigenvalue weighted by molar-refractivity contribution is 0.0937. The van der Waals surface area contributed by atoms with E-state index in [2.05, 4.69) is 39.7 Å². The van der Waals surface area contributed by atoms with Crippen molar-refractivity contribution in [3.05, 3.63) is 87.8 Å². The standard InChI is InChI=1S/C33H38N6O3/c1-21(2)30(40)29-16-24-18-35-33(36-25-8-10-26(11-9-25)42-27-13-15-38(3)20-27)37-31(24)39(32(29)41)19-23-6-4-5-7-28(23)22-12-14-34-17-22/h4-11,16,18,21-22,27,34H,12-15,17,19-20H2,1-3H3,(H,35,36,37). The minimum absolute atomic E-state index is 0.172. The molecular weight excluding hydrogens is 528 g/mol. The summed E-state index contributed by atoms with van der Waals surface area (Å²) in [7, 11) is 2.11. The number of ketones is 1. The molecule has 9 heteroatoms. The van der Waals surface area contributed by atoms with Crippen molar-refractivity contribution >= 4 is 28.5 Å². The van der Waals surface area contributed by atoms with Gasteiger partial charge in [-0.2, -0.15) is 4.98 Å². The number of benzene rings is 2. The largest absolute Gasteiger partial charge is 0.489 e. The smallest absolute Gasteiger partial charge is 0.263 e. The van der Waals surface area contributed by atoms with Crippen molar-refractivity contribution < 1.29 is 9.53 Å². The van der Waals surface area contributed by atoms with Gasteiger partial charge in [-0.15, -0.1) is 0 Å². The van der Waals surface area contributed by atoms with Crippen molar-refractivity contribution in [1.82, 2.24) is 24.8 Å². The zero-order chi connectivity index (χ0) is 29.2. The van der Waals surface area contributed by atoms with Gasteiger partial charge in [-0.25, -0.2) is 4.98 Å². The van der Waals surface area contributed by atoms with Gasteiger partial charge in [0.2, 0.25) is 5.95 Å². The van der Waals surface area contributed by atoms with Crippen molar-refractivity contribution in [2.45, 2.75) is 45.3 Å². The topological polar surface area (TPSA) is 101 Å². The fourth-order valence-electron chi connectivity index (χ4n) is 5.95. The van der Waals surface area contributed by atoms with Crippen molar-refractivity contribution in [3.8, 4) is 5.75 Å². The van der Waals surface area contributed by atoms with Gasteiger partial charge in [0, 0.05) is 42.8 Å². The van der Waals surface area contributed by atoms with E-state index in [0.717, 1.165) is 56.0 Å². The van der Waals surface area contributed by atoms with E-state index in [9.17, 15) is 9.59 Å². The molecule has 218 valence electrons. The highest BCUT2D eigenvalue weighted by atomic mass is 16.5. The predicted molar refractivity (Wildman–Crippen MR) is 165 cm³/mol. The first kappa shape index (κ1) is 28.1. The summed E-state index contributed by atoms with van der Waals surface area (Å²) in [5, 5.41) is 7.36. The van der Waals surface area contributed by atoms with Crippen LogP contribution in [0.15, 0.2) is 65.6 Å². The predicted octanol–water partition coefficient (Wildman–Crippen LogP) is 4.58.